The van der Waals surface area contributed by atoms with Gasteiger partial charge in [0.15, 0.2) is 5.69 Å². The summed E-state index contributed by atoms with van der Waals surface area (Å²) in [7, 11) is 1.51. The van der Waals surface area contributed by atoms with E-state index in [1.54, 1.807) is 24.3 Å². The molecule has 0 saturated heterocycles. The van der Waals surface area contributed by atoms with Crippen LogP contribution < -0.4 is 10.6 Å². The number of carbonyl (C=O) groups is 1. The highest BCUT2D eigenvalue weighted by Gasteiger charge is 2.15. The maximum Gasteiger partial charge on any atom is 0.271 e. The number of carbonyl (C=O) groups excluding carboxylic acids is 1. The van der Waals surface area contributed by atoms with E-state index in [2.05, 4.69) is 20.8 Å². The van der Waals surface area contributed by atoms with E-state index >= 15 is 0 Å². The number of nitrogens with one attached hydrogen (secondary N) is 2. The van der Waals surface area contributed by atoms with Crippen LogP contribution in [0.2, 0.25) is 10.0 Å². The molecule has 2 rings (SSSR count). The molecule has 0 fully saturated rings. The van der Waals surface area contributed by atoms with Crippen molar-refractivity contribution in [2.75, 3.05) is 18.9 Å². The molecule has 8 heteroatoms. The summed E-state index contributed by atoms with van der Waals surface area (Å²) >= 11 is 12.1. The Hall–Kier alpha value is -1.89. The lowest BCUT2D eigenvalue weighted by Gasteiger charge is -2.15. The molecule has 0 aliphatic rings. The Kier molecular flexibility index (Phi) is 5.54. The third-order valence-electron chi connectivity index (χ3n) is 2.93. The Morgan fingerprint density at radius 2 is 1.91 bits per heavy atom. The van der Waals surface area contributed by atoms with Crippen molar-refractivity contribution in [3.63, 3.8) is 0 Å². The average Bonchev–Trinajstić information content (AvgIpc) is 2.52. The molecule has 0 bridgehead atoms. The summed E-state index contributed by atoms with van der Waals surface area (Å²) < 4.78 is 0. The Balaban J connectivity index is 2.02. The number of aliphatic hydroxyl groups excluding tert-OH is 1. The molecule has 1 aromatic carbocycles. The SMILES string of the molecule is CNC(=O)c1ccc(NCC(O)c2c(Cl)cccc2Cl)nn1. The second kappa shape index (κ2) is 7.40. The zero-order chi connectivity index (χ0) is 16.1. The first-order valence-corrected chi connectivity index (χ1v) is 7.20. The van der Waals surface area contributed by atoms with E-state index < -0.39 is 6.10 Å². The molecule has 116 valence electrons. The molecule has 22 heavy (non-hydrogen) atoms. The van der Waals surface area contributed by atoms with Gasteiger partial charge in [0.2, 0.25) is 0 Å². The fraction of sp³-hybridized carbons (Fsp3) is 0.214. The highest BCUT2D eigenvalue weighted by molar-refractivity contribution is 6.36. The zero-order valence-corrected chi connectivity index (χ0v) is 13.2. The van der Waals surface area contributed by atoms with Crippen molar-refractivity contribution < 1.29 is 9.90 Å². The number of hydrogen-bond acceptors (Lipinski definition) is 5. The van der Waals surface area contributed by atoms with Gasteiger partial charge in [0, 0.05) is 29.2 Å². The first-order chi connectivity index (χ1) is 10.5. The maximum absolute atomic E-state index is 11.3. The molecule has 1 amide bonds. The Labute approximate surface area is 137 Å². The van der Waals surface area contributed by atoms with Crippen LogP contribution in [0.5, 0.6) is 0 Å². The van der Waals surface area contributed by atoms with E-state index in [1.165, 1.54) is 13.1 Å². The molecule has 0 aliphatic heterocycles. The van der Waals surface area contributed by atoms with Crippen LogP contribution in [0, 0.1) is 0 Å². The molecule has 0 saturated carbocycles. The van der Waals surface area contributed by atoms with Crippen LogP contribution in [0.4, 0.5) is 5.82 Å². The summed E-state index contributed by atoms with van der Waals surface area (Å²) in [4.78, 5) is 11.3. The normalized spacial score (nSPS) is 11.8. The van der Waals surface area contributed by atoms with Crippen molar-refractivity contribution in [2.45, 2.75) is 6.10 Å². The Morgan fingerprint density at radius 1 is 1.23 bits per heavy atom. The Morgan fingerprint density at radius 3 is 2.45 bits per heavy atom. The van der Waals surface area contributed by atoms with E-state index in [-0.39, 0.29) is 18.1 Å². The van der Waals surface area contributed by atoms with Gasteiger partial charge in [-0.15, -0.1) is 10.2 Å². The minimum absolute atomic E-state index is 0.150. The largest absolute Gasteiger partial charge is 0.386 e. The molecular formula is C14H14Cl2N4O2. The predicted molar refractivity (Wildman–Crippen MR) is 85.3 cm³/mol. The Bertz CT molecular complexity index is 644. The van der Waals surface area contributed by atoms with E-state index in [1.807, 2.05) is 0 Å². The fourth-order valence-corrected chi connectivity index (χ4v) is 2.46. The van der Waals surface area contributed by atoms with Crippen LogP contribution in [-0.4, -0.2) is 34.8 Å². The quantitative estimate of drug-likeness (QED) is 0.777. The van der Waals surface area contributed by atoms with Crippen LogP contribution in [-0.2, 0) is 0 Å². The summed E-state index contributed by atoms with van der Waals surface area (Å²) in [6, 6.07) is 8.15. The molecule has 1 unspecified atom stereocenters. The van der Waals surface area contributed by atoms with E-state index in [0.29, 0.717) is 21.4 Å². The molecule has 6 nitrogen and oxygen atoms in total. The van der Waals surface area contributed by atoms with E-state index in [0.717, 1.165) is 0 Å². The van der Waals surface area contributed by atoms with Gasteiger partial charge in [0.25, 0.3) is 5.91 Å². The second-order valence-corrected chi connectivity index (χ2v) is 5.23. The zero-order valence-electron chi connectivity index (χ0n) is 11.7. The molecular weight excluding hydrogens is 327 g/mol. The van der Waals surface area contributed by atoms with Gasteiger partial charge in [0.05, 0.1) is 6.10 Å². The van der Waals surface area contributed by atoms with Crippen LogP contribution in [0.3, 0.4) is 0 Å². The minimum Gasteiger partial charge on any atom is -0.386 e. The minimum atomic E-state index is -0.901. The first-order valence-electron chi connectivity index (χ1n) is 6.44. The second-order valence-electron chi connectivity index (χ2n) is 4.41. The van der Waals surface area contributed by atoms with Gasteiger partial charge in [0.1, 0.15) is 5.82 Å². The maximum atomic E-state index is 11.3. The van der Waals surface area contributed by atoms with Crippen molar-refractivity contribution in [3.8, 4) is 0 Å². The predicted octanol–water partition coefficient (Wildman–Crippen LogP) is 2.29. The van der Waals surface area contributed by atoms with Crippen molar-refractivity contribution in [1.82, 2.24) is 15.5 Å². The van der Waals surface area contributed by atoms with Crippen LogP contribution >= 0.6 is 23.2 Å². The topological polar surface area (TPSA) is 87.1 Å². The molecule has 0 radical (unpaired) electrons. The van der Waals surface area contributed by atoms with Crippen molar-refractivity contribution in [1.29, 1.82) is 0 Å². The number of aliphatic hydroxyl groups is 1. The van der Waals surface area contributed by atoms with Gasteiger partial charge in [-0.1, -0.05) is 29.3 Å². The number of amides is 1. The van der Waals surface area contributed by atoms with E-state index in [4.69, 9.17) is 23.2 Å². The average molecular weight is 341 g/mol. The summed E-state index contributed by atoms with van der Waals surface area (Å²) in [6.07, 6.45) is -0.901. The fourth-order valence-electron chi connectivity index (χ4n) is 1.81. The van der Waals surface area contributed by atoms with Crippen molar-refractivity contribution in [3.05, 3.63) is 51.6 Å². The number of rotatable bonds is 5. The van der Waals surface area contributed by atoms with Gasteiger partial charge >= 0.3 is 0 Å². The number of halogens is 2. The summed E-state index contributed by atoms with van der Waals surface area (Å²) in [5.41, 5.74) is 0.663. The van der Waals surface area contributed by atoms with Gasteiger partial charge in [-0.3, -0.25) is 4.79 Å². The van der Waals surface area contributed by atoms with Crippen molar-refractivity contribution in [2.24, 2.45) is 0 Å². The van der Waals surface area contributed by atoms with Gasteiger partial charge in [-0.2, -0.15) is 0 Å². The molecule has 3 N–H and O–H groups in total. The first kappa shape index (κ1) is 16.5. The van der Waals surface area contributed by atoms with E-state index in [9.17, 15) is 9.90 Å². The number of hydrogen-bond donors (Lipinski definition) is 3. The van der Waals surface area contributed by atoms with Gasteiger partial charge < -0.3 is 15.7 Å². The highest BCUT2D eigenvalue weighted by atomic mass is 35.5. The molecule has 0 aliphatic carbocycles. The number of anilines is 1. The molecule has 1 atom stereocenters. The third-order valence-corrected chi connectivity index (χ3v) is 3.59. The smallest absolute Gasteiger partial charge is 0.271 e. The summed E-state index contributed by atoms with van der Waals surface area (Å²) in [5.74, 6) is 0.108. The van der Waals surface area contributed by atoms with Crippen LogP contribution in [0.15, 0.2) is 30.3 Å². The number of aromatic nitrogens is 2. The highest BCUT2D eigenvalue weighted by Crippen LogP contribution is 2.30. The molecule has 1 heterocycles. The lowest BCUT2D eigenvalue weighted by Crippen LogP contribution is -2.20. The number of nitrogens with zero attached hydrogens (tertiary/aromatic N) is 2. The monoisotopic (exact) mass is 340 g/mol. The number of benzene rings is 1. The van der Waals surface area contributed by atoms with Crippen molar-refractivity contribution >= 4 is 34.9 Å². The van der Waals surface area contributed by atoms with Crippen LogP contribution in [0.1, 0.15) is 22.2 Å². The third kappa shape index (κ3) is 3.85. The molecule has 0 spiro atoms. The lowest BCUT2D eigenvalue weighted by atomic mass is 10.1. The summed E-state index contributed by atoms with van der Waals surface area (Å²) in [5, 5.41) is 24.0. The van der Waals surface area contributed by atoms with Gasteiger partial charge in [-0.05, 0) is 24.3 Å². The molecule has 2 aromatic rings. The standard InChI is InChI=1S/C14H14Cl2N4O2/c1-17-14(22)10-5-6-12(20-19-10)18-7-11(21)13-8(15)3-2-4-9(13)16/h2-6,11,21H,7H2,1H3,(H,17,22)(H,18,20). The summed E-state index contributed by atoms with van der Waals surface area (Å²) in [6.45, 7) is 0.150. The lowest BCUT2D eigenvalue weighted by molar-refractivity contribution is 0.0957. The van der Waals surface area contributed by atoms with Gasteiger partial charge in [-0.25, -0.2) is 0 Å². The van der Waals surface area contributed by atoms with Crippen LogP contribution in [0.25, 0.3) is 0 Å². The molecule has 1 aromatic heterocycles.